The van der Waals surface area contributed by atoms with Crippen LogP contribution in [0.25, 0.3) is 11.1 Å². The highest BCUT2D eigenvalue weighted by atomic mass is 19.4. The Hall–Kier alpha value is -2.34. The van der Waals surface area contributed by atoms with Crippen molar-refractivity contribution in [3.63, 3.8) is 0 Å². The first-order valence-electron chi connectivity index (χ1n) is 7.66. The molecule has 0 amide bonds. The predicted octanol–water partition coefficient (Wildman–Crippen LogP) is 4.82. The van der Waals surface area contributed by atoms with Gasteiger partial charge in [0.15, 0.2) is 0 Å². The second-order valence-electron chi connectivity index (χ2n) is 6.62. The number of aliphatic hydroxyl groups excluding tert-OH is 1. The standard InChI is InChI=1S/C19H19F3O3/c1-18(2,3)25-17(24)14-7-5-13(6-8-14)15-9-4-12(11-23)10-16(15)19(20,21)22/h4-10,23H,11H2,1-3H3. The largest absolute Gasteiger partial charge is 0.456 e. The molecule has 25 heavy (non-hydrogen) atoms. The van der Waals surface area contributed by atoms with Gasteiger partial charge in [0, 0.05) is 0 Å². The van der Waals surface area contributed by atoms with E-state index in [-0.39, 0.29) is 16.7 Å². The Morgan fingerprint density at radius 1 is 1.04 bits per heavy atom. The number of hydrogen-bond donors (Lipinski definition) is 1. The van der Waals surface area contributed by atoms with Gasteiger partial charge < -0.3 is 9.84 Å². The van der Waals surface area contributed by atoms with Crippen LogP contribution in [0.3, 0.4) is 0 Å². The predicted molar refractivity (Wildman–Crippen MR) is 88.0 cm³/mol. The summed E-state index contributed by atoms with van der Waals surface area (Å²) >= 11 is 0. The number of rotatable bonds is 3. The lowest BCUT2D eigenvalue weighted by Crippen LogP contribution is -2.23. The Labute approximate surface area is 144 Å². The molecule has 134 valence electrons. The molecular formula is C19H19F3O3. The maximum Gasteiger partial charge on any atom is 0.417 e. The molecule has 2 aromatic rings. The van der Waals surface area contributed by atoms with Crippen molar-refractivity contribution < 1.29 is 27.8 Å². The van der Waals surface area contributed by atoms with Crippen molar-refractivity contribution in [2.24, 2.45) is 0 Å². The molecule has 0 spiro atoms. The molecule has 2 aromatic carbocycles. The van der Waals surface area contributed by atoms with Gasteiger partial charge in [-0.15, -0.1) is 0 Å². The van der Waals surface area contributed by atoms with E-state index in [2.05, 4.69) is 0 Å². The van der Waals surface area contributed by atoms with E-state index in [0.29, 0.717) is 5.56 Å². The Bertz CT molecular complexity index is 757. The van der Waals surface area contributed by atoms with Crippen LogP contribution in [0.2, 0.25) is 0 Å². The molecule has 0 atom stereocenters. The molecule has 0 aliphatic rings. The SMILES string of the molecule is CC(C)(C)OC(=O)c1ccc(-c2ccc(CO)cc2C(F)(F)F)cc1. The van der Waals surface area contributed by atoms with Crippen LogP contribution < -0.4 is 0 Å². The van der Waals surface area contributed by atoms with E-state index >= 15 is 0 Å². The van der Waals surface area contributed by atoms with E-state index in [1.165, 1.54) is 36.4 Å². The van der Waals surface area contributed by atoms with Gasteiger partial charge in [-0.2, -0.15) is 13.2 Å². The molecule has 0 saturated heterocycles. The molecule has 0 aromatic heterocycles. The van der Waals surface area contributed by atoms with Crippen LogP contribution in [0.15, 0.2) is 42.5 Å². The molecule has 3 nitrogen and oxygen atoms in total. The first-order chi connectivity index (χ1) is 11.5. The van der Waals surface area contributed by atoms with E-state index in [1.807, 2.05) is 0 Å². The first-order valence-corrected chi connectivity index (χ1v) is 7.66. The fourth-order valence-electron chi connectivity index (χ4n) is 2.30. The number of carbonyl (C=O) groups excluding carboxylic acids is 1. The highest BCUT2D eigenvalue weighted by Crippen LogP contribution is 2.37. The van der Waals surface area contributed by atoms with E-state index in [4.69, 9.17) is 9.84 Å². The average molecular weight is 352 g/mol. The van der Waals surface area contributed by atoms with Crippen LogP contribution in [-0.2, 0) is 17.5 Å². The minimum atomic E-state index is -4.55. The summed E-state index contributed by atoms with van der Waals surface area (Å²) in [5.74, 6) is -0.536. The van der Waals surface area contributed by atoms with Crippen molar-refractivity contribution in [3.8, 4) is 11.1 Å². The van der Waals surface area contributed by atoms with Gasteiger partial charge in [0.05, 0.1) is 17.7 Å². The van der Waals surface area contributed by atoms with Crippen LogP contribution in [-0.4, -0.2) is 16.7 Å². The summed E-state index contributed by atoms with van der Waals surface area (Å²) in [4.78, 5) is 12.0. The van der Waals surface area contributed by atoms with Crippen LogP contribution in [0.5, 0.6) is 0 Å². The first kappa shape index (κ1) is 19.0. The molecule has 0 aliphatic heterocycles. The van der Waals surface area contributed by atoms with Gasteiger partial charge >= 0.3 is 12.1 Å². The van der Waals surface area contributed by atoms with E-state index < -0.39 is 29.9 Å². The molecule has 0 unspecified atom stereocenters. The smallest absolute Gasteiger partial charge is 0.417 e. The molecule has 2 rings (SSSR count). The number of ether oxygens (including phenoxy) is 1. The van der Waals surface area contributed by atoms with Gasteiger partial charge in [0.2, 0.25) is 0 Å². The number of alkyl halides is 3. The number of halogens is 3. The third-order valence-electron chi connectivity index (χ3n) is 3.40. The molecule has 0 fully saturated rings. The van der Waals surface area contributed by atoms with E-state index in [1.54, 1.807) is 20.8 Å². The van der Waals surface area contributed by atoms with Crippen molar-refractivity contribution in [2.45, 2.75) is 39.2 Å². The molecule has 1 N–H and O–H groups in total. The van der Waals surface area contributed by atoms with E-state index in [0.717, 1.165) is 6.07 Å². The molecule has 0 radical (unpaired) electrons. The molecular weight excluding hydrogens is 333 g/mol. The number of carbonyl (C=O) groups is 1. The van der Waals surface area contributed by atoms with Crippen molar-refractivity contribution in [2.75, 3.05) is 0 Å². The van der Waals surface area contributed by atoms with Crippen molar-refractivity contribution in [1.29, 1.82) is 0 Å². The van der Waals surface area contributed by atoms with Gasteiger partial charge in [-0.05, 0) is 55.7 Å². The molecule has 0 heterocycles. The van der Waals surface area contributed by atoms with Crippen molar-refractivity contribution >= 4 is 5.97 Å². The lowest BCUT2D eigenvalue weighted by atomic mass is 9.96. The summed E-state index contributed by atoms with van der Waals surface area (Å²) < 4.78 is 45.1. The minimum Gasteiger partial charge on any atom is -0.456 e. The monoisotopic (exact) mass is 352 g/mol. The molecule has 0 bridgehead atoms. The summed E-state index contributed by atoms with van der Waals surface area (Å²) in [6.07, 6.45) is -4.55. The lowest BCUT2D eigenvalue weighted by Gasteiger charge is -2.19. The minimum absolute atomic E-state index is 0.0135. The van der Waals surface area contributed by atoms with Crippen LogP contribution in [0.1, 0.15) is 42.3 Å². The highest BCUT2D eigenvalue weighted by molar-refractivity contribution is 5.90. The zero-order chi connectivity index (χ0) is 18.8. The summed E-state index contributed by atoms with van der Waals surface area (Å²) in [7, 11) is 0. The number of benzene rings is 2. The van der Waals surface area contributed by atoms with Gasteiger partial charge in [-0.3, -0.25) is 0 Å². The van der Waals surface area contributed by atoms with Gasteiger partial charge in [-0.1, -0.05) is 24.3 Å². The van der Waals surface area contributed by atoms with Gasteiger partial charge in [-0.25, -0.2) is 4.79 Å². The zero-order valence-electron chi connectivity index (χ0n) is 14.1. The molecule has 0 saturated carbocycles. The summed E-state index contributed by atoms with van der Waals surface area (Å²) in [5.41, 5.74) is -0.728. The number of hydrogen-bond acceptors (Lipinski definition) is 3. The average Bonchev–Trinajstić information content (AvgIpc) is 2.52. The Kier molecular flexibility index (Phi) is 5.23. The number of aliphatic hydroxyl groups is 1. The molecule has 0 aliphatic carbocycles. The van der Waals surface area contributed by atoms with E-state index in [9.17, 15) is 18.0 Å². The van der Waals surface area contributed by atoms with Crippen molar-refractivity contribution in [3.05, 3.63) is 59.2 Å². The Balaban J connectivity index is 2.39. The fraction of sp³-hybridized carbons (Fsp3) is 0.316. The quantitative estimate of drug-likeness (QED) is 0.806. The Morgan fingerprint density at radius 3 is 2.12 bits per heavy atom. The van der Waals surface area contributed by atoms with Crippen LogP contribution in [0, 0.1) is 0 Å². The second kappa shape index (κ2) is 6.88. The molecule has 6 heteroatoms. The third kappa shape index (κ3) is 4.82. The van der Waals surface area contributed by atoms with Crippen LogP contribution in [0.4, 0.5) is 13.2 Å². The van der Waals surface area contributed by atoms with Crippen molar-refractivity contribution in [1.82, 2.24) is 0 Å². The maximum absolute atomic E-state index is 13.3. The maximum atomic E-state index is 13.3. The fourth-order valence-corrected chi connectivity index (χ4v) is 2.30. The highest BCUT2D eigenvalue weighted by Gasteiger charge is 2.34. The number of esters is 1. The summed E-state index contributed by atoms with van der Waals surface area (Å²) in [5, 5.41) is 9.06. The van der Waals surface area contributed by atoms with Crippen LogP contribution >= 0.6 is 0 Å². The summed E-state index contributed by atoms with van der Waals surface area (Å²) in [6, 6.07) is 9.44. The third-order valence-corrected chi connectivity index (χ3v) is 3.40. The Morgan fingerprint density at radius 2 is 1.64 bits per heavy atom. The zero-order valence-corrected chi connectivity index (χ0v) is 14.1. The lowest BCUT2D eigenvalue weighted by molar-refractivity contribution is -0.137. The van der Waals surface area contributed by atoms with Gasteiger partial charge in [0.25, 0.3) is 0 Å². The van der Waals surface area contributed by atoms with Gasteiger partial charge in [0.1, 0.15) is 5.60 Å². The topological polar surface area (TPSA) is 46.5 Å². The normalized spacial score (nSPS) is 12.1. The summed E-state index contributed by atoms with van der Waals surface area (Å²) in [6.45, 7) is 4.73. The second-order valence-corrected chi connectivity index (χ2v) is 6.62.